The summed E-state index contributed by atoms with van der Waals surface area (Å²) in [6.07, 6.45) is -12.8. The second-order valence-electron chi connectivity index (χ2n) is 20.9. The number of aryl methyl sites for hydroxylation is 1. The molecule has 3 saturated heterocycles. The van der Waals surface area contributed by atoms with Crippen molar-refractivity contribution >= 4 is 29.8 Å². The quantitative estimate of drug-likeness (QED) is 0.0351. The SMILES string of the molecule is COC(=O)N[C@H](C(=O)N[C@@H](Cc1ccc(C#Cc2ccc(N3CC4CCC(C3)N4C3COC3)nc2C)cc1)[C@@H](O)CN(Cc1c(F)cc(-c2ccccn2)cc1F)NC(=O)[C@@H](NC(=O)O)C(C)(C)C(F)(F)F)C(C)(C)C(F)(F)F. The number of aliphatic hydroxyl groups is 1. The van der Waals surface area contributed by atoms with Crippen molar-refractivity contribution in [3.05, 3.63) is 113 Å². The first kappa shape index (κ1) is 59.5. The topological polar surface area (TPSA) is 211 Å². The molecule has 17 nitrogen and oxygen atoms in total. The molecule has 0 radical (unpaired) electrons. The Morgan fingerprint density at radius 2 is 1.43 bits per heavy atom. The van der Waals surface area contributed by atoms with E-state index in [1.54, 1.807) is 24.3 Å². The molecule has 25 heteroatoms. The number of carbonyl (C=O) groups excluding carboxylic acids is 3. The number of hydrogen-bond acceptors (Lipinski definition) is 12. The number of hydrazine groups is 1. The van der Waals surface area contributed by atoms with Crippen molar-refractivity contribution in [2.24, 2.45) is 10.8 Å². The number of alkyl halides is 6. The largest absolute Gasteiger partial charge is 0.465 e. The van der Waals surface area contributed by atoms with Crippen molar-refractivity contribution in [2.75, 3.05) is 44.9 Å². The van der Waals surface area contributed by atoms with Crippen molar-refractivity contribution in [1.29, 1.82) is 0 Å². The number of carboxylic acid groups (broad SMARTS) is 1. The monoisotopic (exact) mass is 1120 g/mol. The molecule has 2 aromatic heterocycles. The van der Waals surface area contributed by atoms with Crippen LogP contribution in [0.4, 0.5) is 50.5 Å². The fourth-order valence-electron chi connectivity index (χ4n) is 9.76. The van der Waals surface area contributed by atoms with Gasteiger partial charge < -0.3 is 40.5 Å². The van der Waals surface area contributed by atoms with E-state index in [0.29, 0.717) is 73.2 Å². The van der Waals surface area contributed by atoms with E-state index in [1.165, 1.54) is 29.7 Å². The second kappa shape index (κ2) is 24.1. The number of hydrogen-bond donors (Lipinski definition) is 6. The summed E-state index contributed by atoms with van der Waals surface area (Å²) in [5, 5.41) is 27.8. The van der Waals surface area contributed by atoms with Crippen LogP contribution < -0.4 is 26.3 Å². The number of halogens is 8. The summed E-state index contributed by atoms with van der Waals surface area (Å²) in [7, 11) is 0.838. The average Bonchev–Trinajstić information content (AvgIpc) is 3.72. The molecule has 6 atom stereocenters. The lowest BCUT2D eigenvalue weighted by molar-refractivity contribution is -0.221. The fourth-order valence-corrected chi connectivity index (χ4v) is 9.76. The highest BCUT2D eigenvalue weighted by Gasteiger charge is 2.57. The number of ether oxygens (including phenoxy) is 2. The van der Waals surface area contributed by atoms with Gasteiger partial charge >= 0.3 is 24.5 Å². The van der Waals surface area contributed by atoms with E-state index in [9.17, 15) is 55.7 Å². The number of nitrogens with one attached hydrogen (secondary N) is 4. The van der Waals surface area contributed by atoms with Gasteiger partial charge in [0.2, 0.25) is 5.91 Å². The van der Waals surface area contributed by atoms with Crippen LogP contribution in [0.1, 0.15) is 68.5 Å². The van der Waals surface area contributed by atoms with Crippen LogP contribution >= 0.6 is 0 Å². The van der Waals surface area contributed by atoms with Crippen LogP contribution in [0.25, 0.3) is 11.3 Å². The Hall–Kier alpha value is -7.14. The number of piperazine rings is 1. The van der Waals surface area contributed by atoms with Gasteiger partial charge in [-0.25, -0.2) is 28.4 Å². The molecule has 7 rings (SSSR count). The minimum Gasteiger partial charge on any atom is -0.465 e. The summed E-state index contributed by atoms with van der Waals surface area (Å²) in [5.74, 6) is 1.29. The lowest BCUT2D eigenvalue weighted by atomic mass is 9.82. The Balaban J connectivity index is 1.18. The molecule has 5 heterocycles. The summed E-state index contributed by atoms with van der Waals surface area (Å²) in [6, 6.07) is 10.8. The number of alkyl carbamates (subject to hydrolysis) is 1. The van der Waals surface area contributed by atoms with E-state index in [0.717, 1.165) is 64.2 Å². The van der Waals surface area contributed by atoms with Crippen LogP contribution in [0, 0.1) is 41.2 Å². The first-order chi connectivity index (χ1) is 37.1. The number of rotatable bonds is 18. The van der Waals surface area contributed by atoms with Crippen molar-refractivity contribution in [2.45, 2.75) is 115 Å². The number of amides is 4. The van der Waals surface area contributed by atoms with E-state index >= 15 is 8.78 Å². The Kier molecular flexibility index (Phi) is 18.1. The third-order valence-electron chi connectivity index (χ3n) is 14.8. The number of benzene rings is 2. The van der Waals surface area contributed by atoms with Crippen molar-refractivity contribution < 1.29 is 74.0 Å². The molecule has 3 fully saturated rings. The van der Waals surface area contributed by atoms with Crippen LogP contribution in [0.5, 0.6) is 0 Å². The first-order valence-corrected chi connectivity index (χ1v) is 25.2. The fraction of sp³-hybridized carbons (Fsp3) is 0.481. The second-order valence-corrected chi connectivity index (χ2v) is 20.9. The van der Waals surface area contributed by atoms with Gasteiger partial charge in [0, 0.05) is 66.7 Å². The molecule has 2 aromatic carbocycles. The molecule has 3 aliphatic heterocycles. The van der Waals surface area contributed by atoms with Gasteiger partial charge in [0.25, 0.3) is 5.91 Å². The standard InChI is InChI=1S/C54H61F8N9O8/c1-30-33(16-19-44(64-30)69-24-35-17-18-36(25-69)71(35)37-28-79-29-37)15-14-31-10-12-32(13-11-31)21-42(65-47(73)45(67-50(77)78-6)51(2,3)53(57,58)59)43(72)27-70(68-48(74)46(66-49(75)76)52(4,5)54(60,61)62)26-38-39(55)22-34(23-40(38)56)41-9-7-8-20-63-41/h7-13,16,19-20,22-23,35-37,42-43,45-46,66,72H,17-18,21,24-29H2,1-6H3,(H,65,73)(H,67,77)(H,68,74)(H,75,76)/t35?,36?,42-,43-,45+,46+/m0/s1. The summed E-state index contributed by atoms with van der Waals surface area (Å²) in [6.45, 7) is 5.19. The zero-order valence-electron chi connectivity index (χ0n) is 43.9. The Morgan fingerprint density at radius 1 is 0.823 bits per heavy atom. The van der Waals surface area contributed by atoms with Crippen LogP contribution in [-0.4, -0.2) is 149 Å². The Labute approximate surface area is 450 Å². The number of fused-ring (bicyclic) bond motifs is 2. The van der Waals surface area contributed by atoms with Gasteiger partial charge in [-0.15, -0.1) is 0 Å². The molecule has 0 aliphatic carbocycles. The van der Waals surface area contributed by atoms with Crippen LogP contribution in [-0.2, 0) is 32.0 Å². The third-order valence-corrected chi connectivity index (χ3v) is 14.8. The molecule has 2 unspecified atom stereocenters. The number of methoxy groups -OCH3 is 1. The van der Waals surface area contributed by atoms with Gasteiger partial charge in [-0.3, -0.25) is 24.9 Å². The zero-order chi connectivity index (χ0) is 57.8. The summed E-state index contributed by atoms with van der Waals surface area (Å²) >= 11 is 0. The van der Waals surface area contributed by atoms with Crippen molar-refractivity contribution in [1.82, 2.24) is 41.3 Å². The average molecular weight is 1120 g/mol. The minimum absolute atomic E-state index is 0.0444. The predicted molar refractivity (Wildman–Crippen MR) is 271 cm³/mol. The lowest BCUT2D eigenvalue weighted by Gasteiger charge is -2.48. The van der Waals surface area contributed by atoms with Crippen LogP contribution in [0.2, 0.25) is 0 Å². The molecule has 0 spiro atoms. The van der Waals surface area contributed by atoms with Gasteiger partial charge in [0.1, 0.15) is 29.5 Å². The molecular formula is C54H61F8N9O8. The van der Waals surface area contributed by atoms with Gasteiger partial charge in [0.15, 0.2) is 0 Å². The normalized spacial score (nSPS) is 18.6. The van der Waals surface area contributed by atoms with E-state index in [4.69, 9.17) is 9.72 Å². The van der Waals surface area contributed by atoms with Gasteiger partial charge in [-0.05, 0) is 108 Å². The number of nitrogens with zero attached hydrogens (tertiary/aromatic N) is 5. The van der Waals surface area contributed by atoms with Gasteiger partial charge in [-0.1, -0.05) is 30.0 Å². The zero-order valence-corrected chi connectivity index (χ0v) is 43.9. The van der Waals surface area contributed by atoms with E-state index in [2.05, 4.69) is 36.7 Å². The predicted octanol–water partition coefficient (Wildman–Crippen LogP) is 6.64. The van der Waals surface area contributed by atoms with E-state index < -0.39 is 108 Å². The Bertz CT molecular complexity index is 2880. The number of carbonyl (C=O) groups is 4. The summed E-state index contributed by atoms with van der Waals surface area (Å²) in [5.41, 5.74) is -2.72. The Morgan fingerprint density at radius 3 is 1.95 bits per heavy atom. The van der Waals surface area contributed by atoms with Gasteiger partial charge in [-0.2, -0.15) is 26.3 Å². The number of aliphatic hydroxyl groups excluding tert-OH is 1. The van der Waals surface area contributed by atoms with Crippen molar-refractivity contribution in [3.63, 3.8) is 0 Å². The summed E-state index contributed by atoms with van der Waals surface area (Å²) < 4.78 is 129. The number of anilines is 1. The van der Waals surface area contributed by atoms with Crippen LogP contribution in [0.15, 0.2) is 72.9 Å². The molecule has 79 heavy (non-hydrogen) atoms. The highest BCUT2D eigenvalue weighted by Crippen LogP contribution is 2.42. The molecule has 426 valence electrons. The third kappa shape index (κ3) is 13.8. The molecule has 2 bridgehead atoms. The number of aromatic nitrogens is 2. The lowest BCUT2D eigenvalue weighted by Crippen LogP contribution is -2.63. The van der Waals surface area contributed by atoms with Crippen molar-refractivity contribution in [3.8, 4) is 23.1 Å². The highest BCUT2D eigenvalue weighted by atomic mass is 19.4. The van der Waals surface area contributed by atoms with E-state index in [-0.39, 0.29) is 11.3 Å². The summed E-state index contributed by atoms with van der Waals surface area (Å²) in [4.78, 5) is 66.0. The molecular weight excluding hydrogens is 1050 g/mol. The maximum atomic E-state index is 16.0. The molecule has 4 amide bonds. The maximum Gasteiger partial charge on any atom is 0.407 e. The smallest absolute Gasteiger partial charge is 0.407 e. The van der Waals surface area contributed by atoms with Gasteiger partial charge in [0.05, 0.1) is 60.7 Å². The highest BCUT2D eigenvalue weighted by molar-refractivity contribution is 5.87. The molecule has 6 N–H and O–H groups in total. The number of pyridine rings is 2. The van der Waals surface area contributed by atoms with Crippen LogP contribution in [0.3, 0.4) is 0 Å². The molecule has 3 aliphatic rings. The minimum atomic E-state index is -5.24. The van der Waals surface area contributed by atoms with E-state index in [1.807, 2.05) is 29.8 Å². The molecule has 0 saturated carbocycles. The molecule has 4 aromatic rings. The maximum absolute atomic E-state index is 16.0. The first-order valence-electron chi connectivity index (χ1n) is 25.2.